The smallest absolute Gasteiger partial charge is 0.419 e. The summed E-state index contributed by atoms with van der Waals surface area (Å²) in [6.45, 7) is 5.37. The Labute approximate surface area is 148 Å². The summed E-state index contributed by atoms with van der Waals surface area (Å²) in [6, 6.07) is 4.20. The van der Waals surface area contributed by atoms with Crippen LogP contribution in [0.1, 0.15) is 40.3 Å². The van der Waals surface area contributed by atoms with Gasteiger partial charge in [-0.15, -0.1) is 0 Å². The molecular formula is C19H19F4NO2. The molecule has 0 heterocycles. The van der Waals surface area contributed by atoms with Gasteiger partial charge in [0.2, 0.25) is 0 Å². The molecule has 0 bridgehead atoms. The molecular weight excluding hydrogens is 350 g/mol. The van der Waals surface area contributed by atoms with Gasteiger partial charge in [-0.1, -0.05) is 17.7 Å². The molecule has 26 heavy (non-hydrogen) atoms. The molecule has 7 heteroatoms. The van der Waals surface area contributed by atoms with Crippen molar-refractivity contribution in [2.45, 2.75) is 39.4 Å². The number of rotatable bonds is 4. The minimum Gasteiger partial charge on any atom is -0.481 e. The largest absolute Gasteiger partial charge is 0.481 e. The number of benzene rings is 2. The first-order valence-electron chi connectivity index (χ1n) is 7.88. The van der Waals surface area contributed by atoms with Gasteiger partial charge < -0.3 is 10.8 Å². The van der Waals surface area contributed by atoms with Gasteiger partial charge in [0.1, 0.15) is 5.82 Å². The van der Waals surface area contributed by atoms with Crippen molar-refractivity contribution in [3.05, 3.63) is 57.9 Å². The molecule has 0 aromatic heterocycles. The summed E-state index contributed by atoms with van der Waals surface area (Å²) in [6.07, 6.45) is -5.60. The SMILES string of the molecule is Cc1cc(C)c(-c2cc(C(N)CC(=O)O)c(F)c(C(F)(F)F)c2)c(C)c1. The maximum absolute atomic E-state index is 14.4. The van der Waals surface area contributed by atoms with Crippen LogP contribution >= 0.6 is 0 Å². The fraction of sp³-hybridized carbons (Fsp3) is 0.316. The molecule has 2 aromatic rings. The molecule has 3 nitrogen and oxygen atoms in total. The predicted molar refractivity (Wildman–Crippen MR) is 90.2 cm³/mol. The third-order valence-electron chi connectivity index (χ3n) is 4.17. The molecule has 0 radical (unpaired) electrons. The standard InChI is InChI=1S/C19H19F4NO2/c1-9-4-10(2)17(11(3)5-9)12-6-13(15(24)8-16(25)26)18(20)14(7-12)19(21,22)23/h4-7,15H,8,24H2,1-3H3,(H,25,26). The number of carboxylic acids is 1. The zero-order valence-corrected chi connectivity index (χ0v) is 14.5. The molecule has 0 fully saturated rings. The average Bonchev–Trinajstić information content (AvgIpc) is 2.45. The second kappa shape index (κ2) is 7.07. The first-order valence-corrected chi connectivity index (χ1v) is 7.88. The number of hydrogen-bond donors (Lipinski definition) is 2. The lowest BCUT2D eigenvalue weighted by Crippen LogP contribution is -2.19. The topological polar surface area (TPSA) is 63.3 Å². The van der Waals surface area contributed by atoms with Crippen LogP contribution in [0.3, 0.4) is 0 Å². The Bertz CT molecular complexity index is 836. The van der Waals surface area contributed by atoms with Gasteiger partial charge in [-0.25, -0.2) is 4.39 Å². The summed E-state index contributed by atoms with van der Waals surface area (Å²) < 4.78 is 54.4. The lowest BCUT2D eigenvalue weighted by atomic mass is 9.89. The van der Waals surface area contributed by atoms with Crippen LogP contribution in [0.5, 0.6) is 0 Å². The number of hydrogen-bond acceptors (Lipinski definition) is 2. The lowest BCUT2D eigenvalue weighted by molar-refractivity contribution is -0.140. The van der Waals surface area contributed by atoms with Crippen LogP contribution in [0.25, 0.3) is 11.1 Å². The molecule has 2 aromatic carbocycles. The number of carboxylic acid groups (broad SMARTS) is 1. The van der Waals surface area contributed by atoms with Gasteiger partial charge in [0.05, 0.1) is 12.0 Å². The molecule has 0 saturated carbocycles. The second-order valence-electron chi connectivity index (χ2n) is 6.40. The van der Waals surface area contributed by atoms with E-state index in [0.717, 1.165) is 22.8 Å². The second-order valence-corrected chi connectivity index (χ2v) is 6.40. The van der Waals surface area contributed by atoms with Gasteiger partial charge in [-0.05, 0) is 55.2 Å². The van der Waals surface area contributed by atoms with Crippen molar-refractivity contribution < 1.29 is 27.5 Å². The zero-order valence-electron chi connectivity index (χ0n) is 14.5. The van der Waals surface area contributed by atoms with E-state index in [9.17, 15) is 22.4 Å². The van der Waals surface area contributed by atoms with Crippen molar-refractivity contribution in [3.63, 3.8) is 0 Å². The first-order chi connectivity index (χ1) is 11.9. The quantitative estimate of drug-likeness (QED) is 0.753. The summed E-state index contributed by atoms with van der Waals surface area (Å²) in [5.74, 6) is -2.85. The Hall–Kier alpha value is -2.41. The van der Waals surface area contributed by atoms with Gasteiger partial charge in [0.25, 0.3) is 0 Å². The summed E-state index contributed by atoms with van der Waals surface area (Å²) >= 11 is 0. The summed E-state index contributed by atoms with van der Waals surface area (Å²) in [5, 5.41) is 8.85. The van der Waals surface area contributed by atoms with Crippen LogP contribution in [0.4, 0.5) is 17.6 Å². The highest BCUT2D eigenvalue weighted by Crippen LogP contribution is 2.39. The van der Waals surface area contributed by atoms with Crippen LogP contribution in [0, 0.1) is 26.6 Å². The molecule has 0 spiro atoms. The summed E-state index contributed by atoms with van der Waals surface area (Å²) in [4.78, 5) is 10.9. The van der Waals surface area contributed by atoms with Crippen LogP contribution in [0.15, 0.2) is 24.3 Å². The van der Waals surface area contributed by atoms with Gasteiger partial charge in [-0.2, -0.15) is 13.2 Å². The van der Waals surface area contributed by atoms with E-state index in [1.165, 1.54) is 6.07 Å². The van der Waals surface area contributed by atoms with Crippen molar-refractivity contribution in [3.8, 4) is 11.1 Å². The minimum atomic E-state index is -4.93. The van der Waals surface area contributed by atoms with Crippen molar-refractivity contribution in [2.75, 3.05) is 0 Å². The third-order valence-corrected chi connectivity index (χ3v) is 4.17. The number of carbonyl (C=O) groups is 1. The van der Waals surface area contributed by atoms with Crippen LogP contribution in [-0.4, -0.2) is 11.1 Å². The number of alkyl halides is 3. The fourth-order valence-electron chi connectivity index (χ4n) is 3.20. The van der Waals surface area contributed by atoms with Crippen molar-refractivity contribution in [2.24, 2.45) is 5.73 Å². The van der Waals surface area contributed by atoms with Crippen molar-refractivity contribution in [1.29, 1.82) is 0 Å². The third kappa shape index (κ3) is 4.04. The number of halogens is 4. The fourth-order valence-corrected chi connectivity index (χ4v) is 3.20. The monoisotopic (exact) mass is 369 g/mol. The van der Waals surface area contributed by atoms with E-state index in [0.29, 0.717) is 5.56 Å². The Balaban J connectivity index is 2.77. The summed E-state index contributed by atoms with van der Waals surface area (Å²) in [7, 11) is 0. The highest BCUT2D eigenvalue weighted by molar-refractivity contribution is 5.73. The highest BCUT2D eigenvalue weighted by atomic mass is 19.4. The van der Waals surface area contributed by atoms with Crippen molar-refractivity contribution in [1.82, 2.24) is 0 Å². The van der Waals surface area contributed by atoms with Gasteiger partial charge in [0.15, 0.2) is 0 Å². The lowest BCUT2D eigenvalue weighted by Gasteiger charge is -2.19. The zero-order chi connectivity index (χ0) is 19.8. The van der Waals surface area contributed by atoms with E-state index in [1.807, 2.05) is 19.1 Å². The van der Waals surface area contributed by atoms with E-state index < -0.39 is 41.6 Å². The number of nitrogens with two attached hydrogens (primary N) is 1. The molecule has 2 rings (SSSR count). The van der Waals surface area contributed by atoms with E-state index >= 15 is 0 Å². The first kappa shape index (κ1) is 19.9. The van der Waals surface area contributed by atoms with E-state index in [4.69, 9.17) is 10.8 Å². The van der Waals surface area contributed by atoms with Crippen LogP contribution in [-0.2, 0) is 11.0 Å². The maximum Gasteiger partial charge on any atom is 0.419 e. The Kier molecular flexibility index (Phi) is 5.41. The molecule has 0 aliphatic carbocycles. The molecule has 0 aliphatic rings. The van der Waals surface area contributed by atoms with E-state index in [-0.39, 0.29) is 5.56 Å². The van der Waals surface area contributed by atoms with E-state index in [1.54, 1.807) is 13.8 Å². The summed E-state index contributed by atoms with van der Waals surface area (Å²) in [5.41, 5.74) is 6.88. The Morgan fingerprint density at radius 3 is 2.12 bits per heavy atom. The molecule has 0 amide bonds. The maximum atomic E-state index is 14.4. The molecule has 3 N–H and O–H groups in total. The van der Waals surface area contributed by atoms with Gasteiger partial charge in [0, 0.05) is 11.6 Å². The molecule has 0 aliphatic heterocycles. The Morgan fingerprint density at radius 2 is 1.65 bits per heavy atom. The normalized spacial score (nSPS) is 12.9. The van der Waals surface area contributed by atoms with Gasteiger partial charge in [-0.3, -0.25) is 4.79 Å². The van der Waals surface area contributed by atoms with Crippen LogP contribution < -0.4 is 5.73 Å². The van der Waals surface area contributed by atoms with Gasteiger partial charge >= 0.3 is 12.1 Å². The average molecular weight is 369 g/mol. The molecule has 0 saturated heterocycles. The molecule has 140 valence electrons. The Morgan fingerprint density at radius 1 is 1.12 bits per heavy atom. The number of aliphatic carboxylic acids is 1. The number of aryl methyl sites for hydroxylation is 3. The minimum absolute atomic E-state index is 0.157. The van der Waals surface area contributed by atoms with Crippen molar-refractivity contribution >= 4 is 5.97 Å². The molecule has 1 unspecified atom stereocenters. The predicted octanol–water partition coefficient (Wildman–Crippen LogP) is 4.91. The molecule has 1 atom stereocenters. The van der Waals surface area contributed by atoms with E-state index in [2.05, 4.69) is 0 Å². The highest BCUT2D eigenvalue weighted by Gasteiger charge is 2.36. The van der Waals surface area contributed by atoms with Crippen LogP contribution in [0.2, 0.25) is 0 Å².